The first-order chi connectivity index (χ1) is 24.5. The van der Waals surface area contributed by atoms with Crippen LogP contribution in [0.1, 0.15) is 30.0 Å². The molecule has 5 atom stereocenters. The number of hydrogen-bond donors (Lipinski definition) is 2. The second kappa shape index (κ2) is 13.7. The lowest BCUT2D eigenvalue weighted by atomic mass is 9.82. The number of piperazine rings is 1. The van der Waals surface area contributed by atoms with Crippen molar-refractivity contribution in [3.63, 3.8) is 0 Å². The number of ether oxygens (including phenoxy) is 2. The van der Waals surface area contributed by atoms with Crippen LogP contribution >= 0.6 is 0 Å². The molecule has 10 nitrogen and oxygen atoms in total. The van der Waals surface area contributed by atoms with Crippen LogP contribution in [0, 0.1) is 5.92 Å². The summed E-state index contributed by atoms with van der Waals surface area (Å²) in [5, 5.41) is 14.7. The summed E-state index contributed by atoms with van der Waals surface area (Å²) in [5.41, 5.74) is 2.89. The Morgan fingerprint density at radius 2 is 1.86 bits per heavy atom. The van der Waals surface area contributed by atoms with Gasteiger partial charge in [0.05, 0.1) is 52.6 Å². The molecule has 1 spiro atoms. The Kier molecular flexibility index (Phi) is 9.42. The fourth-order valence-corrected chi connectivity index (χ4v) is 13.2. The van der Waals surface area contributed by atoms with Crippen molar-refractivity contribution in [1.29, 1.82) is 0 Å². The van der Waals surface area contributed by atoms with Gasteiger partial charge in [-0.25, -0.2) is 0 Å². The fourth-order valence-electron chi connectivity index (χ4n) is 9.19. The molecule has 0 aromatic heterocycles. The van der Waals surface area contributed by atoms with E-state index >= 15 is 0 Å². The summed E-state index contributed by atoms with van der Waals surface area (Å²) in [4.78, 5) is 47.7. The molecule has 2 fully saturated rings. The summed E-state index contributed by atoms with van der Waals surface area (Å²) in [5.74, 6) is 0.144. The van der Waals surface area contributed by atoms with Crippen molar-refractivity contribution in [2.24, 2.45) is 5.92 Å². The van der Waals surface area contributed by atoms with Crippen LogP contribution in [0.3, 0.4) is 0 Å². The number of methoxy groups -OCH3 is 1. The van der Waals surface area contributed by atoms with Crippen molar-refractivity contribution < 1.29 is 29.0 Å². The first kappa shape index (κ1) is 35.1. The molecule has 7 rings (SSSR count). The van der Waals surface area contributed by atoms with E-state index in [0.29, 0.717) is 32.6 Å². The molecule has 3 aromatic carbocycles. The summed E-state index contributed by atoms with van der Waals surface area (Å²) in [7, 11) is -0.866. The monoisotopic (exact) mass is 708 g/mol. The van der Waals surface area contributed by atoms with Crippen LogP contribution in [0.5, 0.6) is 5.75 Å². The summed E-state index contributed by atoms with van der Waals surface area (Å²) >= 11 is 0. The molecule has 2 N–H and O–H groups in total. The van der Waals surface area contributed by atoms with Gasteiger partial charge in [-0.1, -0.05) is 67.7 Å². The molecule has 0 aliphatic carbocycles. The number of amides is 3. The maximum absolute atomic E-state index is 14.9. The van der Waals surface area contributed by atoms with Gasteiger partial charge in [-0.15, -0.1) is 6.58 Å². The average Bonchev–Trinajstić information content (AvgIpc) is 3.57. The van der Waals surface area contributed by atoms with E-state index in [4.69, 9.17) is 9.47 Å². The van der Waals surface area contributed by atoms with Crippen molar-refractivity contribution in [1.82, 2.24) is 10.2 Å². The highest BCUT2D eigenvalue weighted by Gasteiger charge is 2.66. The van der Waals surface area contributed by atoms with E-state index in [-0.39, 0.29) is 54.8 Å². The molecule has 0 saturated carbocycles. The van der Waals surface area contributed by atoms with Crippen LogP contribution in [-0.2, 0) is 37.7 Å². The van der Waals surface area contributed by atoms with Crippen LogP contribution in [0.4, 0.5) is 11.4 Å². The van der Waals surface area contributed by atoms with Crippen LogP contribution in [-0.4, -0.2) is 87.8 Å². The highest BCUT2D eigenvalue weighted by atomic mass is 28.3. The van der Waals surface area contributed by atoms with Crippen molar-refractivity contribution in [2.45, 2.75) is 62.7 Å². The Balaban J connectivity index is 1.32. The minimum Gasteiger partial charge on any atom is -0.497 e. The fraction of sp³-hybridized carbons (Fsp3) is 0.425. The molecular weight excluding hydrogens is 661 g/mol. The van der Waals surface area contributed by atoms with Crippen molar-refractivity contribution >= 4 is 42.4 Å². The zero-order valence-corrected chi connectivity index (χ0v) is 30.9. The molecule has 268 valence electrons. The third kappa shape index (κ3) is 5.80. The van der Waals surface area contributed by atoms with Gasteiger partial charge in [-0.05, 0) is 53.4 Å². The molecule has 4 heterocycles. The van der Waals surface area contributed by atoms with E-state index < -0.39 is 19.8 Å². The molecule has 4 aliphatic rings. The van der Waals surface area contributed by atoms with Gasteiger partial charge in [0.25, 0.3) is 5.91 Å². The topological polar surface area (TPSA) is 112 Å². The number of fused-ring (bicyclic) bond motifs is 3. The molecule has 2 saturated heterocycles. The number of carbonyl (C=O) groups is 3. The summed E-state index contributed by atoms with van der Waals surface area (Å²) in [6.07, 6.45) is 1.78. The SMILES string of the molecule is C=CCN1C(=O)[C@]2(O[C@H](CC(=O)N3Cc4ccccc4C[C@H]3CO)[C@@H]([Si](C)(C)c3ccc(OC)cc3)[C@@H]2C)c2cc(N3CCNCC3=O)ccc21. The van der Waals surface area contributed by atoms with Crippen LogP contribution in [0.15, 0.2) is 79.4 Å². The predicted octanol–water partition coefficient (Wildman–Crippen LogP) is 3.72. The Bertz CT molecular complexity index is 1850. The molecule has 0 unspecified atom stereocenters. The predicted molar refractivity (Wildman–Crippen MR) is 200 cm³/mol. The molecular formula is C40H48N4O6Si. The number of nitrogens with one attached hydrogen (secondary N) is 1. The lowest BCUT2D eigenvalue weighted by Gasteiger charge is -2.39. The summed E-state index contributed by atoms with van der Waals surface area (Å²) < 4.78 is 12.7. The third-order valence-corrected chi connectivity index (χ3v) is 16.2. The number of aliphatic hydroxyl groups excluding tert-OH is 1. The minimum atomic E-state index is -2.51. The summed E-state index contributed by atoms with van der Waals surface area (Å²) in [6.45, 7) is 12.6. The van der Waals surface area contributed by atoms with Gasteiger partial charge < -0.3 is 34.6 Å². The number of carbonyl (C=O) groups excluding carboxylic acids is 3. The van der Waals surface area contributed by atoms with Crippen molar-refractivity contribution in [2.75, 3.05) is 49.7 Å². The highest BCUT2D eigenvalue weighted by molar-refractivity contribution is 6.91. The van der Waals surface area contributed by atoms with Gasteiger partial charge in [0, 0.05) is 43.3 Å². The van der Waals surface area contributed by atoms with E-state index in [1.165, 1.54) is 5.19 Å². The Morgan fingerprint density at radius 3 is 2.55 bits per heavy atom. The summed E-state index contributed by atoms with van der Waals surface area (Å²) in [6, 6.07) is 21.7. The van der Waals surface area contributed by atoms with Gasteiger partial charge in [0.1, 0.15) is 5.75 Å². The van der Waals surface area contributed by atoms with Gasteiger partial charge >= 0.3 is 0 Å². The standard InChI is InChI=1S/C40H48N4O6Si/c1-6-18-43-34-16-11-29(42-19-17-41-23-37(42)47)21-33(34)40(39(43)48)26(2)38(51(4,5)32-14-12-31(49-3)13-15-32)35(50-40)22-36(46)44-24-28-10-8-7-9-27(28)20-30(44)25-45/h6-16,21,26,30,35,38,41,45H,1,17-20,22-25H2,2-5H3/t26-,30-,35+,38-,40+/m0/s1. The molecule has 3 amide bonds. The number of aliphatic hydroxyl groups is 1. The van der Waals surface area contributed by atoms with Crippen LogP contribution < -0.4 is 25.0 Å². The van der Waals surface area contributed by atoms with Crippen LogP contribution in [0.2, 0.25) is 18.6 Å². The molecule has 0 bridgehead atoms. The minimum absolute atomic E-state index is 0.0288. The second-order valence-electron chi connectivity index (χ2n) is 14.8. The van der Waals surface area contributed by atoms with E-state index in [9.17, 15) is 19.5 Å². The molecule has 4 aliphatic heterocycles. The zero-order valence-electron chi connectivity index (χ0n) is 29.9. The van der Waals surface area contributed by atoms with Crippen LogP contribution in [0.25, 0.3) is 0 Å². The number of benzene rings is 3. The number of rotatable bonds is 9. The number of anilines is 2. The molecule has 51 heavy (non-hydrogen) atoms. The lowest BCUT2D eigenvalue weighted by molar-refractivity contribution is -0.150. The van der Waals surface area contributed by atoms with E-state index in [1.54, 1.807) is 27.9 Å². The maximum atomic E-state index is 14.9. The van der Waals surface area contributed by atoms with E-state index in [1.807, 2.05) is 48.5 Å². The Labute approximate surface area is 301 Å². The average molecular weight is 709 g/mol. The zero-order chi connectivity index (χ0) is 36.1. The highest BCUT2D eigenvalue weighted by Crippen LogP contribution is 2.60. The van der Waals surface area contributed by atoms with E-state index in [2.05, 4.69) is 50.1 Å². The maximum Gasteiger partial charge on any atom is 0.264 e. The van der Waals surface area contributed by atoms with Crippen molar-refractivity contribution in [3.8, 4) is 5.75 Å². The third-order valence-electron chi connectivity index (χ3n) is 11.8. The second-order valence-corrected chi connectivity index (χ2v) is 19.5. The van der Waals surface area contributed by atoms with Crippen molar-refractivity contribution in [3.05, 3.63) is 96.1 Å². The largest absolute Gasteiger partial charge is 0.497 e. The van der Waals surface area contributed by atoms with Gasteiger partial charge in [0.15, 0.2) is 5.60 Å². The van der Waals surface area contributed by atoms with Gasteiger partial charge in [0.2, 0.25) is 11.8 Å². The number of hydrogen-bond acceptors (Lipinski definition) is 7. The quantitative estimate of drug-likeness (QED) is 0.258. The smallest absolute Gasteiger partial charge is 0.264 e. The molecule has 3 aromatic rings. The molecule has 0 radical (unpaired) electrons. The lowest BCUT2D eigenvalue weighted by Crippen LogP contribution is -2.52. The first-order valence-electron chi connectivity index (χ1n) is 17.9. The van der Waals surface area contributed by atoms with E-state index in [0.717, 1.165) is 33.8 Å². The first-order valence-corrected chi connectivity index (χ1v) is 21.0. The number of nitrogens with zero attached hydrogens (tertiary/aromatic N) is 3. The van der Waals surface area contributed by atoms with Gasteiger partial charge in [-0.2, -0.15) is 0 Å². The Morgan fingerprint density at radius 1 is 1.12 bits per heavy atom. The molecule has 11 heteroatoms. The Hall–Kier alpha value is -4.29. The normalized spacial score (nSPS) is 26.0. The van der Waals surface area contributed by atoms with Gasteiger partial charge in [-0.3, -0.25) is 14.4 Å².